The molecule has 1 saturated heterocycles. The van der Waals surface area contributed by atoms with E-state index >= 15 is 0 Å². The van der Waals surface area contributed by atoms with E-state index < -0.39 is 0 Å². The van der Waals surface area contributed by atoms with Crippen molar-refractivity contribution in [3.05, 3.63) is 0 Å². The third-order valence-corrected chi connectivity index (χ3v) is 4.03. The highest BCUT2D eigenvalue weighted by molar-refractivity contribution is 7.99. The number of rotatable bonds is 6. The van der Waals surface area contributed by atoms with Gasteiger partial charge in [0.1, 0.15) is 0 Å². The number of hydrogen-bond acceptors (Lipinski definition) is 5. The van der Waals surface area contributed by atoms with Gasteiger partial charge in [0.2, 0.25) is 5.91 Å². The third-order valence-electron chi connectivity index (χ3n) is 3.11. The fraction of sp³-hybridized carbons (Fsp3) is 0.833. The molecule has 6 heteroatoms. The maximum Gasteiger partial charge on any atom is 0.305 e. The molecular weight excluding hydrogens is 254 g/mol. The van der Waals surface area contributed by atoms with Crippen LogP contribution in [0.4, 0.5) is 0 Å². The van der Waals surface area contributed by atoms with Crippen molar-refractivity contribution >= 4 is 23.6 Å². The number of carbonyl (C=O) groups excluding carboxylic acids is 2. The number of likely N-dealkylation sites (tertiary alicyclic amines) is 1. The van der Waals surface area contributed by atoms with Gasteiger partial charge in [-0.3, -0.25) is 9.59 Å². The molecule has 1 fully saturated rings. The Bertz CT molecular complexity index is 277. The van der Waals surface area contributed by atoms with Crippen LogP contribution >= 0.6 is 11.8 Å². The minimum Gasteiger partial charge on any atom is -0.469 e. The summed E-state index contributed by atoms with van der Waals surface area (Å²) < 4.78 is 4.65. The Morgan fingerprint density at radius 1 is 1.39 bits per heavy atom. The number of thioether (sulfide) groups is 1. The molecule has 1 amide bonds. The van der Waals surface area contributed by atoms with Crippen molar-refractivity contribution in [1.82, 2.24) is 4.90 Å². The van der Waals surface area contributed by atoms with Crippen LogP contribution in [0, 0.1) is 5.92 Å². The quantitative estimate of drug-likeness (QED) is 0.565. The highest BCUT2D eigenvalue weighted by Crippen LogP contribution is 2.21. The molecule has 0 spiro atoms. The molecule has 0 unspecified atom stereocenters. The van der Waals surface area contributed by atoms with Gasteiger partial charge in [-0.05, 0) is 18.8 Å². The molecule has 1 rings (SSSR count). The maximum absolute atomic E-state index is 11.8. The lowest BCUT2D eigenvalue weighted by Crippen LogP contribution is -2.40. The van der Waals surface area contributed by atoms with Gasteiger partial charge >= 0.3 is 5.97 Å². The second kappa shape index (κ2) is 8.37. The molecule has 18 heavy (non-hydrogen) atoms. The third kappa shape index (κ3) is 5.27. The van der Waals surface area contributed by atoms with Gasteiger partial charge in [0, 0.05) is 25.3 Å². The average molecular weight is 275 g/mol. The van der Waals surface area contributed by atoms with Gasteiger partial charge in [-0.1, -0.05) is 0 Å². The lowest BCUT2D eigenvalue weighted by molar-refractivity contribution is -0.142. The van der Waals surface area contributed by atoms with Crippen LogP contribution in [0.1, 0.15) is 19.3 Å². The Morgan fingerprint density at radius 2 is 2.06 bits per heavy atom. The second-order valence-corrected chi connectivity index (χ2v) is 5.49. The van der Waals surface area contributed by atoms with Crippen LogP contribution in [0.2, 0.25) is 0 Å². The lowest BCUT2D eigenvalue weighted by Gasteiger charge is -2.31. The summed E-state index contributed by atoms with van der Waals surface area (Å²) in [5, 5.41) is 8.64. The molecule has 0 aromatic carbocycles. The Hall–Kier alpha value is -0.750. The maximum atomic E-state index is 11.8. The molecule has 0 aliphatic carbocycles. The van der Waals surface area contributed by atoms with E-state index in [1.165, 1.54) is 18.9 Å². The van der Waals surface area contributed by atoms with Crippen molar-refractivity contribution in [2.75, 3.05) is 38.3 Å². The van der Waals surface area contributed by atoms with Gasteiger partial charge in [-0.2, -0.15) is 0 Å². The van der Waals surface area contributed by atoms with Crippen LogP contribution in [0.15, 0.2) is 0 Å². The number of esters is 1. The number of amides is 1. The van der Waals surface area contributed by atoms with Crippen molar-refractivity contribution in [3.63, 3.8) is 0 Å². The molecule has 0 saturated carbocycles. The Balaban J connectivity index is 2.22. The summed E-state index contributed by atoms with van der Waals surface area (Å²) in [6.45, 7) is 1.56. The van der Waals surface area contributed by atoms with Crippen molar-refractivity contribution in [3.8, 4) is 0 Å². The number of methoxy groups -OCH3 is 1. The smallest absolute Gasteiger partial charge is 0.305 e. The number of aliphatic hydroxyl groups is 1. The van der Waals surface area contributed by atoms with Crippen molar-refractivity contribution in [2.45, 2.75) is 19.3 Å². The van der Waals surface area contributed by atoms with E-state index in [9.17, 15) is 9.59 Å². The van der Waals surface area contributed by atoms with E-state index in [1.807, 2.05) is 4.90 Å². The first-order valence-electron chi connectivity index (χ1n) is 6.20. The molecule has 1 heterocycles. The number of hydrogen-bond donors (Lipinski definition) is 1. The number of piperidine rings is 1. The first-order chi connectivity index (χ1) is 8.67. The topological polar surface area (TPSA) is 66.8 Å². The molecule has 0 atom stereocenters. The van der Waals surface area contributed by atoms with Crippen molar-refractivity contribution < 1.29 is 19.4 Å². The predicted octanol–water partition coefficient (Wildman–Crippen LogP) is 0.514. The minimum absolute atomic E-state index is 0.110. The first-order valence-corrected chi connectivity index (χ1v) is 7.36. The van der Waals surface area contributed by atoms with Crippen LogP contribution < -0.4 is 0 Å². The second-order valence-electron chi connectivity index (χ2n) is 4.38. The summed E-state index contributed by atoms with van der Waals surface area (Å²) in [6.07, 6.45) is 2.19. The van der Waals surface area contributed by atoms with Crippen LogP contribution in [0.25, 0.3) is 0 Å². The van der Waals surface area contributed by atoms with E-state index in [0.717, 1.165) is 25.9 Å². The van der Waals surface area contributed by atoms with Crippen molar-refractivity contribution in [1.29, 1.82) is 0 Å². The van der Waals surface area contributed by atoms with Gasteiger partial charge in [0.05, 0.1) is 19.5 Å². The molecule has 1 aliphatic heterocycles. The van der Waals surface area contributed by atoms with E-state index in [4.69, 9.17) is 5.11 Å². The zero-order valence-electron chi connectivity index (χ0n) is 10.8. The summed E-state index contributed by atoms with van der Waals surface area (Å²) in [7, 11) is 1.40. The normalized spacial score (nSPS) is 16.7. The molecule has 104 valence electrons. The van der Waals surface area contributed by atoms with Gasteiger partial charge in [-0.15, -0.1) is 11.8 Å². The van der Waals surface area contributed by atoms with Crippen LogP contribution in [-0.4, -0.2) is 60.2 Å². The van der Waals surface area contributed by atoms with Gasteiger partial charge < -0.3 is 14.7 Å². The Kier molecular flexibility index (Phi) is 7.12. The summed E-state index contributed by atoms with van der Waals surface area (Å²) in [6, 6.07) is 0. The highest BCUT2D eigenvalue weighted by atomic mass is 32.2. The standard InChI is InChI=1S/C12H21NO4S/c1-17-12(16)8-10-2-4-13(5-3-10)11(15)9-18-7-6-14/h10,14H,2-9H2,1H3. The van der Waals surface area contributed by atoms with Crippen LogP contribution in [0.3, 0.4) is 0 Å². The van der Waals surface area contributed by atoms with Gasteiger partial charge in [0.15, 0.2) is 0 Å². The minimum atomic E-state index is -0.168. The largest absolute Gasteiger partial charge is 0.469 e. The van der Waals surface area contributed by atoms with Gasteiger partial charge in [0.25, 0.3) is 0 Å². The van der Waals surface area contributed by atoms with Gasteiger partial charge in [-0.25, -0.2) is 0 Å². The predicted molar refractivity (Wildman–Crippen MR) is 70.3 cm³/mol. The molecular formula is C12H21NO4S. The lowest BCUT2D eigenvalue weighted by atomic mass is 9.93. The first kappa shape index (κ1) is 15.3. The van der Waals surface area contributed by atoms with E-state index in [0.29, 0.717) is 23.8 Å². The Labute approximate surface area is 112 Å². The Morgan fingerprint density at radius 3 is 2.61 bits per heavy atom. The van der Waals surface area contributed by atoms with E-state index in [-0.39, 0.29) is 18.5 Å². The van der Waals surface area contributed by atoms with Crippen molar-refractivity contribution in [2.24, 2.45) is 5.92 Å². The summed E-state index contributed by atoms with van der Waals surface area (Å²) >= 11 is 1.45. The number of aliphatic hydroxyl groups excluding tert-OH is 1. The van der Waals surface area contributed by atoms with E-state index in [1.54, 1.807) is 0 Å². The monoisotopic (exact) mass is 275 g/mol. The summed E-state index contributed by atoms with van der Waals surface area (Å²) in [4.78, 5) is 24.8. The molecule has 0 radical (unpaired) electrons. The number of carbonyl (C=O) groups is 2. The zero-order valence-corrected chi connectivity index (χ0v) is 11.6. The average Bonchev–Trinajstić information content (AvgIpc) is 2.39. The molecule has 0 bridgehead atoms. The summed E-state index contributed by atoms with van der Waals surface area (Å²) in [5.74, 6) is 1.34. The molecule has 1 aliphatic rings. The highest BCUT2D eigenvalue weighted by Gasteiger charge is 2.24. The molecule has 0 aromatic heterocycles. The SMILES string of the molecule is COC(=O)CC1CCN(C(=O)CSCCO)CC1. The van der Waals surface area contributed by atoms with Crippen LogP contribution in [0.5, 0.6) is 0 Å². The molecule has 5 nitrogen and oxygen atoms in total. The zero-order chi connectivity index (χ0) is 13.4. The summed E-state index contributed by atoms with van der Waals surface area (Å²) in [5.41, 5.74) is 0. The number of nitrogens with zero attached hydrogens (tertiary/aromatic N) is 1. The fourth-order valence-electron chi connectivity index (χ4n) is 2.02. The fourth-order valence-corrected chi connectivity index (χ4v) is 2.65. The van der Waals surface area contributed by atoms with Crippen LogP contribution in [-0.2, 0) is 14.3 Å². The van der Waals surface area contributed by atoms with E-state index in [2.05, 4.69) is 4.74 Å². The molecule has 1 N–H and O–H groups in total. The molecule has 0 aromatic rings. The number of ether oxygens (including phenoxy) is 1.